The molecule has 2 rings (SSSR count). The van der Waals surface area contributed by atoms with Gasteiger partial charge in [0.15, 0.2) is 12.4 Å². The van der Waals surface area contributed by atoms with Gasteiger partial charge >= 0.3 is 111 Å². The number of hydrogen-bond acceptors (Lipinski definition) is 2. The number of H-pyrrole nitrogens is 1. The number of nitrogens with two attached hydrogens (primary N) is 1. The van der Waals surface area contributed by atoms with E-state index in [1.54, 1.807) is 0 Å². The van der Waals surface area contributed by atoms with Crippen LogP contribution in [-0.2, 0) is 10.0 Å². The van der Waals surface area contributed by atoms with Gasteiger partial charge in [0.2, 0.25) is 0 Å². The zero-order chi connectivity index (χ0) is 17.1. The molecule has 0 saturated heterocycles. The van der Waals surface area contributed by atoms with Gasteiger partial charge in [0, 0.05) is 12.1 Å². The predicted octanol–water partition coefficient (Wildman–Crippen LogP) is 3.08. The maximum atomic E-state index is 11.0. The number of rotatable bonds is 2. The number of aromatic amines is 1. The van der Waals surface area contributed by atoms with Crippen molar-refractivity contribution < 1.29 is 13.4 Å². The van der Waals surface area contributed by atoms with E-state index in [9.17, 15) is 8.42 Å². The molecular formula is C11H12Cl5N2O2SSb. The second-order valence-corrected chi connectivity index (χ2v) is 53.2. The number of hydrogen-bond donors (Lipinski definition) is 1. The van der Waals surface area contributed by atoms with Crippen LogP contribution in [0, 0.1) is 0 Å². The van der Waals surface area contributed by atoms with Crippen molar-refractivity contribution in [3.63, 3.8) is 0 Å². The Bertz CT molecular complexity index is 707. The van der Waals surface area contributed by atoms with Crippen molar-refractivity contribution in [1.29, 1.82) is 0 Å². The van der Waals surface area contributed by atoms with Gasteiger partial charge in [-0.2, -0.15) is 0 Å². The Hall–Kier alpha value is 0.548. The van der Waals surface area contributed by atoms with E-state index in [0.29, 0.717) is 0 Å². The SMILES string of the molecule is NS(=O)(=O)c1cc[c]([Sb-]([Cl])([Cl])([Cl])([Cl])[Cl])cc1.c1cc[nH+]cc1. The van der Waals surface area contributed by atoms with Crippen LogP contribution in [0.1, 0.15) is 0 Å². The molecule has 0 atom stereocenters. The summed E-state index contributed by atoms with van der Waals surface area (Å²) in [5.41, 5.74) is 0. The fourth-order valence-electron chi connectivity index (χ4n) is 1.26. The monoisotopic (exact) mass is 532 g/mol. The molecule has 0 spiro atoms. The molecule has 0 unspecified atom stereocenters. The first-order valence-corrected chi connectivity index (χ1v) is 24.6. The van der Waals surface area contributed by atoms with Crippen LogP contribution in [-0.4, -0.2) is 18.7 Å². The second-order valence-electron chi connectivity index (χ2n) is 4.18. The van der Waals surface area contributed by atoms with Crippen molar-refractivity contribution in [1.82, 2.24) is 0 Å². The molecule has 124 valence electrons. The van der Waals surface area contributed by atoms with E-state index < -0.39 is 20.3 Å². The Morgan fingerprint density at radius 2 is 1.32 bits per heavy atom. The Balaban J connectivity index is 0.000000335. The van der Waals surface area contributed by atoms with Gasteiger partial charge < -0.3 is 0 Å². The third-order valence-corrected chi connectivity index (χ3v) is 13.4. The summed E-state index contributed by atoms with van der Waals surface area (Å²) < 4.78 is 22.0. The molecule has 0 radical (unpaired) electrons. The largest absolute Gasteiger partial charge is 0.218 e. The molecule has 2 aromatic rings. The van der Waals surface area contributed by atoms with Crippen molar-refractivity contribution in [3.05, 3.63) is 54.9 Å². The molecular weight excluding hydrogens is 523 g/mol. The summed E-state index contributed by atoms with van der Waals surface area (Å²) in [4.78, 5) is 2.78. The molecule has 11 heteroatoms. The molecule has 0 amide bonds. The number of sulfonamides is 1. The van der Waals surface area contributed by atoms with Crippen LogP contribution in [0.2, 0.25) is 0 Å². The first-order chi connectivity index (χ1) is 9.70. The summed E-state index contributed by atoms with van der Waals surface area (Å²) in [7, 11) is 19.4. The number of halogens is 5. The summed E-state index contributed by atoms with van der Waals surface area (Å²) >= 11 is 0. The quantitative estimate of drug-likeness (QED) is 0.601. The van der Waals surface area contributed by atoms with Crippen LogP contribution in [0.5, 0.6) is 0 Å². The van der Waals surface area contributed by atoms with E-state index in [1.165, 1.54) is 24.3 Å². The zero-order valence-electron chi connectivity index (χ0n) is 10.8. The molecule has 1 aromatic carbocycles. The minimum Gasteiger partial charge on any atom is -0.218 e. The van der Waals surface area contributed by atoms with Crippen molar-refractivity contribution in [2.75, 3.05) is 0 Å². The Morgan fingerprint density at radius 1 is 0.864 bits per heavy atom. The smallest absolute Gasteiger partial charge is 0.166 e. The summed E-state index contributed by atoms with van der Waals surface area (Å²) in [6.45, 7) is 0. The van der Waals surface area contributed by atoms with E-state index in [-0.39, 0.29) is 8.41 Å². The van der Waals surface area contributed by atoms with Crippen molar-refractivity contribution in [2.45, 2.75) is 4.90 Å². The average molecular weight is 535 g/mol. The molecule has 4 nitrogen and oxygen atoms in total. The molecule has 1 aromatic heterocycles. The van der Waals surface area contributed by atoms with Crippen molar-refractivity contribution in [3.8, 4) is 0 Å². The fourth-order valence-corrected chi connectivity index (χ4v) is 7.59. The average Bonchev–Trinajstić information content (AvgIpc) is 2.38. The first kappa shape index (κ1) is 20.6. The number of aromatic nitrogens is 1. The number of primary sulfonamides is 1. The summed E-state index contributed by atoms with van der Waals surface area (Å²) in [5.74, 6) is 0. The summed E-state index contributed by atoms with van der Waals surface area (Å²) in [6.07, 6.45) is 3.75. The van der Waals surface area contributed by atoms with Gasteiger partial charge in [-0.1, -0.05) is 6.07 Å². The minimum atomic E-state index is -5.82. The minimum absolute atomic E-state index is 0.0785. The van der Waals surface area contributed by atoms with Crippen LogP contribution < -0.4 is 13.6 Å². The van der Waals surface area contributed by atoms with E-state index >= 15 is 0 Å². The summed E-state index contributed by atoms with van der Waals surface area (Å²) in [5, 5.41) is 4.91. The van der Waals surface area contributed by atoms with E-state index in [0.717, 1.165) is 0 Å². The van der Waals surface area contributed by atoms with Crippen LogP contribution in [0.4, 0.5) is 0 Å². The number of pyridine rings is 1. The normalized spacial score (nSPS) is 15.0. The molecule has 0 bridgehead atoms. The topological polar surface area (TPSA) is 74.3 Å². The Labute approximate surface area is 145 Å². The van der Waals surface area contributed by atoms with E-state index in [1.807, 2.05) is 30.6 Å². The molecule has 0 fully saturated rings. The molecule has 22 heavy (non-hydrogen) atoms. The number of benzene rings is 1. The van der Waals surface area contributed by atoms with Crippen LogP contribution in [0.25, 0.3) is 0 Å². The Morgan fingerprint density at radius 3 is 1.55 bits per heavy atom. The third kappa shape index (κ3) is 7.41. The predicted molar refractivity (Wildman–Crippen MR) is 95.5 cm³/mol. The molecule has 3 N–H and O–H groups in total. The third-order valence-electron chi connectivity index (χ3n) is 2.26. The van der Waals surface area contributed by atoms with Gasteiger partial charge in [-0.25, -0.2) is 4.98 Å². The van der Waals surface area contributed by atoms with Gasteiger partial charge in [-0.3, -0.25) is 0 Å². The van der Waals surface area contributed by atoms with E-state index in [4.69, 9.17) is 49.3 Å². The van der Waals surface area contributed by atoms with Gasteiger partial charge in [0.1, 0.15) is 0 Å². The second kappa shape index (κ2) is 6.45. The maximum absolute atomic E-state index is 11.0. The van der Waals surface area contributed by atoms with E-state index in [2.05, 4.69) is 4.98 Å². The van der Waals surface area contributed by atoms with Gasteiger partial charge in [-0.15, -0.1) is 0 Å². The molecule has 0 aliphatic rings. The molecule has 1 heterocycles. The van der Waals surface area contributed by atoms with Crippen LogP contribution in [0.15, 0.2) is 59.8 Å². The first-order valence-electron chi connectivity index (χ1n) is 5.57. The standard InChI is InChI=1S/C6H6NO2S.C5H5N.5ClH.Sb/c7-10(8,9)6-4-2-1-3-5-6;1-2-4-6-5-3-1;;;;;;/h2-5H,(H2,7,8,9);1-5H;5*1H;/q;;;;;;;+4/p-4. The van der Waals surface area contributed by atoms with Crippen LogP contribution in [0.3, 0.4) is 0 Å². The number of nitrogens with one attached hydrogen (secondary N) is 1. The molecule has 0 aliphatic heterocycles. The van der Waals surface area contributed by atoms with Gasteiger partial charge in [0.05, 0.1) is 0 Å². The van der Waals surface area contributed by atoms with Crippen molar-refractivity contribution in [2.24, 2.45) is 5.14 Å². The van der Waals surface area contributed by atoms with Crippen LogP contribution >= 0.6 is 44.1 Å². The summed E-state index contributed by atoms with van der Waals surface area (Å²) in [6, 6.07) is 10.7. The zero-order valence-corrected chi connectivity index (χ0v) is 18.0. The van der Waals surface area contributed by atoms with Gasteiger partial charge in [-0.05, 0) is 0 Å². The molecule has 0 aliphatic carbocycles. The fraction of sp³-hybridized carbons (Fsp3) is 0. The Kier molecular flexibility index (Phi) is 6.04. The maximum Gasteiger partial charge on any atom is 0.166 e. The van der Waals surface area contributed by atoms with Crippen molar-refractivity contribution >= 4 is 68.0 Å². The van der Waals surface area contributed by atoms with Gasteiger partial charge in [0.25, 0.3) is 0 Å². The molecule has 0 saturated carbocycles.